The lowest BCUT2D eigenvalue weighted by Gasteiger charge is -2.16. The van der Waals surface area contributed by atoms with Gasteiger partial charge < -0.3 is 19.8 Å². The highest BCUT2D eigenvalue weighted by Crippen LogP contribution is 2.02. The predicted octanol–water partition coefficient (Wildman–Crippen LogP) is 1.36. The second-order valence-corrected chi connectivity index (χ2v) is 4.71. The maximum Gasteiger partial charge on any atom is 0.348 e. The van der Waals surface area contributed by atoms with Gasteiger partial charge in [0.1, 0.15) is 11.6 Å². The first-order chi connectivity index (χ1) is 10.7. The number of carbonyl (C=O) groups is 1. The van der Waals surface area contributed by atoms with Crippen LogP contribution in [0.3, 0.4) is 0 Å². The van der Waals surface area contributed by atoms with Crippen molar-refractivity contribution >= 4 is 5.97 Å². The predicted molar refractivity (Wildman–Crippen MR) is 83.7 cm³/mol. The summed E-state index contributed by atoms with van der Waals surface area (Å²) >= 11 is 0. The highest BCUT2D eigenvalue weighted by atomic mass is 16.5. The number of hydrogen-bond acceptors (Lipinski definition) is 6. The zero-order chi connectivity index (χ0) is 16.6. The van der Waals surface area contributed by atoms with E-state index >= 15 is 0 Å². The van der Waals surface area contributed by atoms with Crippen molar-refractivity contribution in [3.05, 3.63) is 23.9 Å². The molecule has 2 N–H and O–H groups in total. The minimum Gasteiger partial charge on any atom is -0.462 e. The molecule has 0 heterocycles. The van der Waals surface area contributed by atoms with Gasteiger partial charge in [0.05, 0.1) is 19.8 Å². The molecule has 124 valence electrons. The number of hydrogen-bond donors (Lipinski definition) is 2. The summed E-state index contributed by atoms with van der Waals surface area (Å²) in [6.45, 7) is 3.08. The number of ether oxygens (including phenoxy) is 1. The second-order valence-electron chi connectivity index (χ2n) is 4.71. The van der Waals surface area contributed by atoms with Crippen LogP contribution in [0.4, 0.5) is 0 Å². The normalized spacial score (nSPS) is 11.5. The van der Waals surface area contributed by atoms with E-state index in [1.54, 1.807) is 11.1 Å². The largest absolute Gasteiger partial charge is 0.462 e. The van der Waals surface area contributed by atoms with Gasteiger partial charge in [-0.2, -0.15) is 5.26 Å². The van der Waals surface area contributed by atoms with Crippen LogP contribution in [0.1, 0.15) is 32.6 Å². The summed E-state index contributed by atoms with van der Waals surface area (Å²) in [5, 5.41) is 26.7. The van der Waals surface area contributed by atoms with E-state index in [2.05, 4.69) is 6.92 Å². The van der Waals surface area contributed by atoms with Crippen LogP contribution >= 0.6 is 0 Å². The highest BCUT2D eigenvalue weighted by molar-refractivity contribution is 5.93. The lowest BCUT2D eigenvalue weighted by atomic mass is 10.2. The summed E-state index contributed by atoms with van der Waals surface area (Å²) in [5.74, 6) is -0.625. The van der Waals surface area contributed by atoms with Gasteiger partial charge in [0, 0.05) is 13.1 Å². The molecule has 0 spiro atoms. The number of rotatable bonds is 12. The molecule has 6 nitrogen and oxygen atoms in total. The molecule has 0 amide bonds. The van der Waals surface area contributed by atoms with E-state index in [1.165, 1.54) is 12.2 Å². The Morgan fingerprint density at radius 1 is 1.23 bits per heavy atom. The Kier molecular flexibility index (Phi) is 12.9. The standard InChI is InChI=1S/C16H26N2O4/c1-2-3-4-5-13-22-16(21)15(14-17)7-6-8-18(9-11-19)10-12-20/h6-8,19-20H,2-5,9-13H2,1H3. The van der Waals surface area contributed by atoms with Gasteiger partial charge in [-0.3, -0.25) is 0 Å². The number of carbonyl (C=O) groups excluding carboxylic acids is 1. The van der Waals surface area contributed by atoms with Crippen molar-refractivity contribution < 1.29 is 19.7 Å². The Hall–Kier alpha value is -1.84. The van der Waals surface area contributed by atoms with Gasteiger partial charge in [0.25, 0.3) is 0 Å². The number of unbranched alkanes of at least 4 members (excludes halogenated alkanes) is 3. The van der Waals surface area contributed by atoms with Crippen molar-refractivity contribution in [2.75, 3.05) is 32.9 Å². The molecular weight excluding hydrogens is 284 g/mol. The highest BCUT2D eigenvalue weighted by Gasteiger charge is 2.09. The molecule has 0 radical (unpaired) electrons. The molecule has 0 bridgehead atoms. The molecule has 6 heteroatoms. The molecule has 0 aromatic rings. The van der Waals surface area contributed by atoms with Crippen molar-refractivity contribution in [1.29, 1.82) is 5.26 Å². The molecule has 0 aliphatic carbocycles. The van der Waals surface area contributed by atoms with Gasteiger partial charge in [0.2, 0.25) is 0 Å². The van der Waals surface area contributed by atoms with E-state index < -0.39 is 5.97 Å². The molecule has 22 heavy (non-hydrogen) atoms. The number of nitriles is 1. The first-order valence-corrected chi connectivity index (χ1v) is 7.61. The molecule has 0 aliphatic heterocycles. The average molecular weight is 310 g/mol. The molecule has 0 aromatic carbocycles. The van der Waals surface area contributed by atoms with Crippen LogP contribution < -0.4 is 0 Å². The van der Waals surface area contributed by atoms with E-state index in [4.69, 9.17) is 20.2 Å². The Morgan fingerprint density at radius 3 is 2.45 bits per heavy atom. The molecular formula is C16H26N2O4. The quantitative estimate of drug-likeness (QED) is 0.186. The smallest absolute Gasteiger partial charge is 0.348 e. The van der Waals surface area contributed by atoms with Crippen LogP contribution in [0.15, 0.2) is 23.9 Å². The van der Waals surface area contributed by atoms with Crippen molar-refractivity contribution in [3.63, 3.8) is 0 Å². The first-order valence-electron chi connectivity index (χ1n) is 7.61. The molecule has 0 atom stereocenters. The van der Waals surface area contributed by atoms with E-state index in [1.807, 2.05) is 6.07 Å². The number of esters is 1. The Morgan fingerprint density at radius 2 is 1.91 bits per heavy atom. The maximum atomic E-state index is 11.7. The van der Waals surface area contributed by atoms with Gasteiger partial charge in [0.15, 0.2) is 0 Å². The van der Waals surface area contributed by atoms with Gasteiger partial charge in [-0.25, -0.2) is 4.79 Å². The second kappa shape index (κ2) is 14.1. The zero-order valence-electron chi connectivity index (χ0n) is 13.2. The van der Waals surface area contributed by atoms with Crippen molar-refractivity contribution in [2.24, 2.45) is 0 Å². The van der Waals surface area contributed by atoms with Gasteiger partial charge in [-0.05, 0) is 24.8 Å². The average Bonchev–Trinajstić information content (AvgIpc) is 2.51. The third-order valence-corrected chi connectivity index (χ3v) is 2.91. The zero-order valence-corrected chi connectivity index (χ0v) is 13.2. The third kappa shape index (κ3) is 9.97. The van der Waals surface area contributed by atoms with Gasteiger partial charge >= 0.3 is 5.97 Å². The van der Waals surface area contributed by atoms with Crippen molar-refractivity contribution in [1.82, 2.24) is 4.90 Å². The van der Waals surface area contributed by atoms with E-state index in [9.17, 15) is 4.79 Å². The molecule has 0 unspecified atom stereocenters. The third-order valence-electron chi connectivity index (χ3n) is 2.91. The summed E-state index contributed by atoms with van der Waals surface area (Å²) < 4.78 is 5.04. The molecule has 0 saturated carbocycles. The molecule has 0 rings (SSSR count). The fourth-order valence-corrected chi connectivity index (χ4v) is 1.70. The number of allylic oxidation sites excluding steroid dienone is 2. The van der Waals surface area contributed by atoms with Gasteiger partial charge in [-0.1, -0.05) is 26.2 Å². The number of aliphatic hydroxyl groups is 2. The fraction of sp³-hybridized carbons (Fsp3) is 0.625. The van der Waals surface area contributed by atoms with Gasteiger partial charge in [-0.15, -0.1) is 0 Å². The fourth-order valence-electron chi connectivity index (χ4n) is 1.70. The Bertz CT molecular complexity index is 393. The van der Waals surface area contributed by atoms with E-state index in [-0.39, 0.29) is 18.8 Å². The number of aliphatic hydroxyl groups excluding tert-OH is 2. The molecule has 0 aromatic heterocycles. The summed E-state index contributed by atoms with van der Waals surface area (Å²) in [4.78, 5) is 13.4. The van der Waals surface area contributed by atoms with Crippen LogP contribution in [-0.4, -0.2) is 54.0 Å². The monoisotopic (exact) mass is 310 g/mol. The Balaban J connectivity index is 4.35. The molecule has 0 aliphatic rings. The SMILES string of the molecule is CCCCCCOC(=O)C(C#N)=CC=CN(CCO)CCO. The molecule has 0 saturated heterocycles. The van der Waals surface area contributed by atoms with E-state index in [0.29, 0.717) is 19.7 Å². The van der Waals surface area contributed by atoms with Crippen LogP contribution in [-0.2, 0) is 9.53 Å². The molecule has 0 fully saturated rings. The minimum atomic E-state index is -0.625. The summed E-state index contributed by atoms with van der Waals surface area (Å²) in [6, 6.07) is 1.81. The summed E-state index contributed by atoms with van der Waals surface area (Å²) in [5.41, 5.74) is -0.0697. The number of nitrogens with zero attached hydrogens (tertiary/aromatic N) is 2. The van der Waals surface area contributed by atoms with Crippen LogP contribution in [0, 0.1) is 11.3 Å². The van der Waals surface area contributed by atoms with E-state index in [0.717, 1.165) is 25.7 Å². The topological polar surface area (TPSA) is 93.8 Å². The maximum absolute atomic E-state index is 11.7. The summed E-state index contributed by atoms with van der Waals surface area (Å²) in [6.07, 6.45) is 8.53. The summed E-state index contributed by atoms with van der Waals surface area (Å²) in [7, 11) is 0. The van der Waals surface area contributed by atoms with Crippen molar-refractivity contribution in [3.8, 4) is 6.07 Å². The lowest BCUT2D eigenvalue weighted by Crippen LogP contribution is -2.24. The van der Waals surface area contributed by atoms with Crippen LogP contribution in [0.25, 0.3) is 0 Å². The first kappa shape index (κ1) is 20.2. The minimum absolute atomic E-state index is 0.0427. The van der Waals surface area contributed by atoms with Crippen LogP contribution in [0.5, 0.6) is 0 Å². The van der Waals surface area contributed by atoms with Crippen LogP contribution in [0.2, 0.25) is 0 Å². The van der Waals surface area contributed by atoms with Crippen molar-refractivity contribution in [2.45, 2.75) is 32.6 Å². The Labute approximate surface area is 132 Å². The lowest BCUT2D eigenvalue weighted by molar-refractivity contribution is -0.138.